The van der Waals surface area contributed by atoms with Crippen molar-refractivity contribution >= 4 is 34.6 Å². The van der Waals surface area contributed by atoms with E-state index in [4.69, 9.17) is 12.2 Å². The SMILES string of the molecule is Cc1ccc(C)c([C@@H](C)NC(=S)Nc2ccc(N3CCCC3=O)cc2)c1. The Morgan fingerprint density at radius 3 is 2.54 bits per heavy atom. The summed E-state index contributed by atoms with van der Waals surface area (Å²) in [5.74, 6) is 0.199. The van der Waals surface area contributed by atoms with E-state index in [9.17, 15) is 4.79 Å². The van der Waals surface area contributed by atoms with Gasteiger partial charge < -0.3 is 15.5 Å². The molecule has 3 rings (SSSR count). The first-order valence-corrected chi connectivity index (χ1v) is 9.40. The first-order chi connectivity index (χ1) is 12.4. The standard InChI is InChI=1S/C21H25N3OS/c1-14-6-7-15(2)19(13-14)16(3)22-21(26)23-17-8-10-18(11-9-17)24-12-4-5-20(24)25/h6-11,13,16H,4-5,12H2,1-3H3,(H2,22,23,26)/t16-/m1/s1. The minimum atomic E-state index is 0.122. The number of nitrogens with one attached hydrogen (secondary N) is 2. The van der Waals surface area contributed by atoms with Gasteiger partial charge in [-0.3, -0.25) is 4.79 Å². The average Bonchev–Trinajstić information content (AvgIpc) is 3.03. The number of amides is 1. The topological polar surface area (TPSA) is 44.4 Å². The van der Waals surface area contributed by atoms with Crippen LogP contribution in [0.4, 0.5) is 11.4 Å². The summed E-state index contributed by atoms with van der Waals surface area (Å²) in [6.07, 6.45) is 1.58. The molecule has 5 heteroatoms. The number of hydrogen-bond donors (Lipinski definition) is 2. The Balaban J connectivity index is 1.61. The lowest BCUT2D eigenvalue weighted by molar-refractivity contribution is -0.117. The van der Waals surface area contributed by atoms with Crippen LogP contribution in [0.3, 0.4) is 0 Å². The van der Waals surface area contributed by atoms with E-state index < -0.39 is 0 Å². The van der Waals surface area contributed by atoms with Crippen molar-refractivity contribution in [1.82, 2.24) is 5.32 Å². The van der Waals surface area contributed by atoms with Gasteiger partial charge in [-0.1, -0.05) is 23.8 Å². The molecule has 1 saturated heterocycles. The lowest BCUT2D eigenvalue weighted by atomic mass is 10.0. The van der Waals surface area contributed by atoms with Crippen LogP contribution >= 0.6 is 12.2 Å². The van der Waals surface area contributed by atoms with Crippen LogP contribution in [0.2, 0.25) is 0 Å². The van der Waals surface area contributed by atoms with E-state index in [-0.39, 0.29) is 11.9 Å². The van der Waals surface area contributed by atoms with Gasteiger partial charge >= 0.3 is 0 Å². The minimum absolute atomic E-state index is 0.122. The van der Waals surface area contributed by atoms with Gasteiger partial charge in [-0.05, 0) is 74.8 Å². The highest BCUT2D eigenvalue weighted by Crippen LogP contribution is 2.23. The Kier molecular flexibility index (Phi) is 5.57. The summed E-state index contributed by atoms with van der Waals surface area (Å²) in [5, 5.41) is 7.15. The van der Waals surface area contributed by atoms with Gasteiger partial charge in [0.1, 0.15) is 0 Å². The number of aryl methyl sites for hydroxylation is 2. The molecule has 0 aromatic heterocycles. The number of thiocarbonyl (C=S) groups is 1. The Morgan fingerprint density at radius 2 is 1.88 bits per heavy atom. The summed E-state index contributed by atoms with van der Waals surface area (Å²) in [4.78, 5) is 13.7. The molecule has 1 amide bonds. The molecule has 0 saturated carbocycles. The van der Waals surface area contributed by atoms with Crippen molar-refractivity contribution in [1.29, 1.82) is 0 Å². The maximum atomic E-state index is 11.8. The molecule has 4 nitrogen and oxygen atoms in total. The summed E-state index contributed by atoms with van der Waals surface area (Å²) < 4.78 is 0. The Labute approximate surface area is 160 Å². The minimum Gasteiger partial charge on any atom is -0.356 e. The van der Waals surface area contributed by atoms with Gasteiger partial charge in [-0.15, -0.1) is 0 Å². The quantitative estimate of drug-likeness (QED) is 0.782. The maximum Gasteiger partial charge on any atom is 0.227 e. The van der Waals surface area contributed by atoms with Gasteiger partial charge in [-0.2, -0.15) is 0 Å². The van der Waals surface area contributed by atoms with Crippen LogP contribution in [-0.4, -0.2) is 17.6 Å². The zero-order valence-corrected chi connectivity index (χ0v) is 16.3. The van der Waals surface area contributed by atoms with Crippen molar-refractivity contribution in [3.05, 3.63) is 59.2 Å². The first-order valence-electron chi connectivity index (χ1n) is 8.99. The van der Waals surface area contributed by atoms with Crippen molar-refractivity contribution in [3.8, 4) is 0 Å². The molecule has 26 heavy (non-hydrogen) atoms. The molecular formula is C21H25N3OS. The van der Waals surface area contributed by atoms with Gasteiger partial charge in [0.15, 0.2) is 5.11 Å². The van der Waals surface area contributed by atoms with Crippen LogP contribution in [0.1, 0.15) is 42.5 Å². The van der Waals surface area contributed by atoms with Crippen LogP contribution in [0.5, 0.6) is 0 Å². The van der Waals surface area contributed by atoms with Gasteiger partial charge in [0.05, 0.1) is 6.04 Å². The molecule has 0 spiro atoms. The van der Waals surface area contributed by atoms with Crippen LogP contribution in [0.15, 0.2) is 42.5 Å². The van der Waals surface area contributed by atoms with Crippen molar-refractivity contribution in [3.63, 3.8) is 0 Å². The molecule has 2 N–H and O–H groups in total. The fourth-order valence-electron chi connectivity index (χ4n) is 3.31. The van der Waals surface area contributed by atoms with Crippen LogP contribution in [0.25, 0.3) is 0 Å². The summed E-state index contributed by atoms with van der Waals surface area (Å²) >= 11 is 5.46. The molecule has 0 aliphatic carbocycles. The number of nitrogens with zero attached hydrogens (tertiary/aromatic N) is 1. The fraction of sp³-hybridized carbons (Fsp3) is 0.333. The van der Waals surface area contributed by atoms with Gasteiger partial charge in [0.2, 0.25) is 5.91 Å². The van der Waals surface area contributed by atoms with Crippen molar-refractivity contribution in [2.24, 2.45) is 0 Å². The monoisotopic (exact) mass is 367 g/mol. The van der Waals surface area contributed by atoms with Crippen molar-refractivity contribution < 1.29 is 4.79 Å². The molecule has 1 atom stereocenters. The summed E-state index contributed by atoms with van der Waals surface area (Å²) in [7, 11) is 0. The molecule has 1 aliphatic rings. The predicted octanol–water partition coefficient (Wildman–Crippen LogP) is 4.48. The summed E-state index contributed by atoms with van der Waals surface area (Å²) in [5.41, 5.74) is 5.59. The molecule has 0 unspecified atom stereocenters. The lowest BCUT2D eigenvalue weighted by Gasteiger charge is -2.20. The molecule has 1 fully saturated rings. The predicted molar refractivity (Wildman–Crippen MR) is 112 cm³/mol. The molecule has 2 aromatic carbocycles. The van der Waals surface area contributed by atoms with E-state index >= 15 is 0 Å². The third-order valence-electron chi connectivity index (χ3n) is 4.76. The Hall–Kier alpha value is -2.40. The second-order valence-electron chi connectivity index (χ2n) is 6.88. The third-order valence-corrected chi connectivity index (χ3v) is 4.98. The molecule has 0 radical (unpaired) electrons. The second-order valence-corrected chi connectivity index (χ2v) is 7.28. The normalized spacial score (nSPS) is 15.0. The number of carbonyl (C=O) groups is 1. The summed E-state index contributed by atoms with van der Waals surface area (Å²) in [6.45, 7) is 7.12. The Morgan fingerprint density at radius 1 is 1.15 bits per heavy atom. The number of anilines is 2. The highest BCUT2D eigenvalue weighted by molar-refractivity contribution is 7.80. The third kappa shape index (κ3) is 4.22. The summed E-state index contributed by atoms with van der Waals surface area (Å²) in [6, 6.07) is 14.4. The van der Waals surface area contributed by atoms with Gasteiger partial charge in [-0.25, -0.2) is 0 Å². The largest absolute Gasteiger partial charge is 0.356 e. The van der Waals surface area contributed by atoms with Crippen molar-refractivity contribution in [2.75, 3.05) is 16.8 Å². The smallest absolute Gasteiger partial charge is 0.227 e. The molecule has 1 heterocycles. The number of carbonyl (C=O) groups excluding carboxylic acids is 1. The van der Waals surface area contributed by atoms with E-state index in [2.05, 4.69) is 49.6 Å². The first kappa shape index (κ1) is 18.4. The highest BCUT2D eigenvalue weighted by Gasteiger charge is 2.21. The van der Waals surface area contributed by atoms with E-state index in [1.54, 1.807) is 0 Å². The van der Waals surface area contributed by atoms with E-state index in [0.717, 1.165) is 24.3 Å². The van der Waals surface area contributed by atoms with Gasteiger partial charge in [0.25, 0.3) is 0 Å². The highest BCUT2D eigenvalue weighted by atomic mass is 32.1. The number of rotatable bonds is 4. The molecule has 2 aromatic rings. The number of benzene rings is 2. The van der Waals surface area contributed by atoms with Crippen LogP contribution < -0.4 is 15.5 Å². The van der Waals surface area contributed by atoms with Gasteiger partial charge in [0, 0.05) is 24.3 Å². The second kappa shape index (κ2) is 7.87. The zero-order chi connectivity index (χ0) is 18.7. The molecule has 1 aliphatic heterocycles. The maximum absolute atomic E-state index is 11.8. The number of hydrogen-bond acceptors (Lipinski definition) is 2. The van der Waals surface area contributed by atoms with E-state index in [1.165, 1.54) is 16.7 Å². The zero-order valence-electron chi connectivity index (χ0n) is 15.5. The molecular weight excluding hydrogens is 342 g/mol. The average molecular weight is 368 g/mol. The Bertz CT molecular complexity index is 817. The molecule has 136 valence electrons. The van der Waals surface area contributed by atoms with Crippen molar-refractivity contribution in [2.45, 2.75) is 39.7 Å². The lowest BCUT2D eigenvalue weighted by Crippen LogP contribution is -2.31. The van der Waals surface area contributed by atoms with Crippen LogP contribution in [0, 0.1) is 13.8 Å². The van der Waals surface area contributed by atoms with E-state index in [1.807, 2.05) is 29.2 Å². The van der Waals surface area contributed by atoms with E-state index in [0.29, 0.717) is 11.5 Å². The molecule has 0 bridgehead atoms. The van der Waals surface area contributed by atoms with Crippen LogP contribution in [-0.2, 0) is 4.79 Å². The fourth-order valence-corrected chi connectivity index (χ4v) is 3.61.